The van der Waals surface area contributed by atoms with E-state index in [1.54, 1.807) is 18.2 Å². The zero-order chi connectivity index (χ0) is 11.5. The molecule has 1 aliphatic heterocycles. The zero-order valence-electron chi connectivity index (χ0n) is 8.38. The van der Waals surface area contributed by atoms with Crippen molar-refractivity contribution in [3.05, 3.63) is 45.5 Å². The number of benzene rings is 1. The van der Waals surface area contributed by atoms with Crippen LogP contribution < -0.4 is 0 Å². The average molecular weight is 219 g/mol. The molecule has 2 rings (SSSR count). The van der Waals surface area contributed by atoms with Crippen LogP contribution >= 0.6 is 0 Å². The van der Waals surface area contributed by atoms with E-state index in [-0.39, 0.29) is 5.69 Å². The van der Waals surface area contributed by atoms with Crippen molar-refractivity contribution in [3.63, 3.8) is 0 Å². The summed E-state index contributed by atoms with van der Waals surface area (Å²) in [5.74, 6) is -0.391. The Balaban J connectivity index is 2.41. The van der Waals surface area contributed by atoms with Gasteiger partial charge in [0.05, 0.1) is 17.1 Å². The van der Waals surface area contributed by atoms with E-state index in [4.69, 9.17) is 4.74 Å². The minimum atomic E-state index is -0.466. The zero-order valence-corrected chi connectivity index (χ0v) is 8.38. The van der Waals surface area contributed by atoms with Crippen LogP contribution in [0.15, 0.2) is 29.8 Å². The van der Waals surface area contributed by atoms with Crippen LogP contribution in [-0.2, 0) is 9.53 Å². The van der Waals surface area contributed by atoms with Gasteiger partial charge in [-0.25, -0.2) is 4.79 Å². The lowest BCUT2D eigenvalue weighted by atomic mass is 10.1. The molecule has 1 aliphatic rings. The number of hydrogen-bond donors (Lipinski definition) is 0. The number of carbonyl (C=O) groups is 1. The SMILES string of the molecule is O=C1OCC/C1=C\c1ccccc1[N+](=O)[O-]. The number of esters is 1. The largest absolute Gasteiger partial charge is 0.462 e. The number of hydrogen-bond acceptors (Lipinski definition) is 4. The molecular weight excluding hydrogens is 210 g/mol. The third-order valence-corrected chi connectivity index (χ3v) is 2.33. The molecule has 1 aromatic rings. The van der Waals surface area contributed by atoms with Crippen LogP contribution in [0.1, 0.15) is 12.0 Å². The van der Waals surface area contributed by atoms with Gasteiger partial charge in [-0.15, -0.1) is 0 Å². The summed E-state index contributed by atoms with van der Waals surface area (Å²) < 4.78 is 4.76. The summed E-state index contributed by atoms with van der Waals surface area (Å²) in [7, 11) is 0. The normalized spacial score (nSPS) is 17.5. The second-order valence-electron chi connectivity index (χ2n) is 3.37. The third kappa shape index (κ3) is 1.93. The van der Waals surface area contributed by atoms with Gasteiger partial charge in [0.25, 0.3) is 5.69 Å². The van der Waals surface area contributed by atoms with Crippen LogP contribution in [0.25, 0.3) is 6.08 Å². The van der Waals surface area contributed by atoms with Crippen molar-refractivity contribution >= 4 is 17.7 Å². The summed E-state index contributed by atoms with van der Waals surface area (Å²) in [4.78, 5) is 21.5. The van der Waals surface area contributed by atoms with E-state index in [1.165, 1.54) is 12.1 Å². The first-order chi connectivity index (χ1) is 7.68. The second-order valence-corrected chi connectivity index (χ2v) is 3.37. The molecule has 5 nitrogen and oxygen atoms in total. The van der Waals surface area contributed by atoms with Crippen molar-refractivity contribution in [2.24, 2.45) is 0 Å². The maximum atomic E-state index is 11.2. The molecule has 0 spiro atoms. The maximum Gasteiger partial charge on any atom is 0.334 e. The van der Waals surface area contributed by atoms with Gasteiger partial charge in [-0.2, -0.15) is 0 Å². The Labute approximate surface area is 91.5 Å². The van der Waals surface area contributed by atoms with Crippen molar-refractivity contribution in [1.82, 2.24) is 0 Å². The van der Waals surface area contributed by atoms with Gasteiger partial charge in [-0.05, 0) is 12.1 Å². The molecule has 0 bridgehead atoms. The van der Waals surface area contributed by atoms with Crippen molar-refractivity contribution < 1.29 is 14.5 Å². The van der Waals surface area contributed by atoms with Gasteiger partial charge < -0.3 is 4.74 Å². The predicted octanol–water partition coefficient (Wildman–Crippen LogP) is 1.93. The van der Waals surface area contributed by atoms with E-state index in [1.807, 2.05) is 0 Å². The van der Waals surface area contributed by atoms with E-state index in [0.717, 1.165) is 0 Å². The Morgan fingerprint density at radius 1 is 1.38 bits per heavy atom. The van der Waals surface area contributed by atoms with Gasteiger partial charge >= 0.3 is 5.97 Å². The van der Waals surface area contributed by atoms with Crippen molar-refractivity contribution in [2.75, 3.05) is 6.61 Å². The molecule has 0 N–H and O–H groups in total. The molecule has 0 unspecified atom stereocenters. The predicted molar refractivity (Wildman–Crippen MR) is 56.6 cm³/mol. The Kier molecular flexibility index (Phi) is 2.68. The smallest absolute Gasteiger partial charge is 0.334 e. The fourth-order valence-corrected chi connectivity index (χ4v) is 1.54. The Morgan fingerprint density at radius 3 is 2.75 bits per heavy atom. The Bertz CT molecular complexity index is 479. The van der Waals surface area contributed by atoms with E-state index in [2.05, 4.69) is 0 Å². The second kappa shape index (κ2) is 4.14. The lowest BCUT2D eigenvalue weighted by molar-refractivity contribution is -0.385. The first-order valence-corrected chi connectivity index (χ1v) is 4.79. The van der Waals surface area contributed by atoms with E-state index < -0.39 is 10.9 Å². The summed E-state index contributed by atoms with van der Waals surface area (Å²) in [6.45, 7) is 0.352. The van der Waals surface area contributed by atoms with Crippen LogP contribution in [-0.4, -0.2) is 17.5 Å². The minimum Gasteiger partial charge on any atom is -0.462 e. The molecule has 0 saturated carbocycles. The van der Waals surface area contributed by atoms with E-state index in [9.17, 15) is 14.9 Å². The fraction of sp³-hybridized carbons (Fsp3) is 0.182. The number of para-hydroxylation sites is 1. The molecule has 5 heteroatoms. The van der Waals surface area contributed by atoms with Gasteiger partial charge in [0, 0.05) is 18.1 Å². The number of ether oxygens (including phenoxy) is 1. The highest BCUT2D eigenvalue weighted by Gasteiger charge is 2.20. The van der Waals surface area contributed by atoms with Crippen LogP contribution in [0.3, 0.4) is 0 Å². The van der Waals surface area contributed by atoms with Crippen molar-refractivity contribution in [2.45, 2.75) is 6.42 Å². The van der Waals surface area contributed by atoms with Crippen LogP contribution in [0.5, 0.6) is 0 Å². The van der Waals surface area contributed by atoms with Gasteiger partial charge in [-0.1, -0.05) is 12.1 Å². The standard InChI is InChI=1S/C11H9NO4/c13-11-9(5-6-16-11)7-8-3-1-2-4-10(8)12(14)15/h1-4,7H,5-6H2/b9-7+. The highest BCUT2D eigenvalue weighted by Crippen LogP contribution is 2.23. The number of carbonyl (C=O) groups excluding carboxylic acids is 1. The molecule has 1 heterocycles. The first-order valence-electron chi connectivity index (χ1n) is 4.79. The molecule has 1 fully saturated rings. The molecule has 0 atom stereocenters. The quantitative estimate of drug-likeness (QED) is 0.330. The molecule has 0 amide bonds. The highest BCUT2D eigenvalue weighted by atomic mass is 16.6. The number of cyclic esters (lactones) is 1. The highest BCUT2D eigenvalue weighted by molar-refractivity contribution is 5.95. The summed E-state index contributed by atoms with van der Waals surface area (Å²) in [6, 6.07) is 6.30. The Hall–Kier alpha value is -2.17. The summed E-state index contributed by atoms with van der Waals surface area (Å²) in [5, 5.41) is 10.7. The fourth-order valence-electron chi connectivity index (χ4n) is 1.54. The molecular formula is C11H9NO4. The first kappa shape index (κ1) is 10.4. The van der Waals surface area contributed by atoms with Crippen LogP contribution in [0, 0.1) is 10.1 Å². The monoisotopic (exact) mass is 219 g/mol. The van der Waals surface area contributed by atoms with Gasteiger partial charge in [0.2, 0.25) is 0 Å². The molecule has 0 radical (unpaired) electrons. The lowest BCUT2D eigenvalue weighted by Gasteiger charge is -1.97. The lowest BCUT2D eigenvalue weighted by Crippen LogP contribution is -1.96. The third-order valence-electron chi connectivity index (χ3n) is 2.33. The van der Waals surface area contributed by atoms with E-state index in [0.29, 0.717) is 24.2 Å². The van der Waals surface area contributed by atoms with Crippen LogP contribution in [0.4, 0.5) is 5.69 Å². The number of nitrogens with zero attached hydrogens (tertiary/aromatic N) is 1. The van der Waals surface area contributed by atoms with Crippen molar-refractivity contribution in [3.8, 4) is 0 Å². The topological polar surface area (TPSA) is 69.4 Å². The molecule has 82 valence electrons. The van der Waals surface area contributed by atoms with Gasteiger partial charge in [0.1, 0.15) is 0 Å². The molecule has 16 heavy (non-hydrogen) atoms. The molecule has 0 aromatic heterocycles. The van der Waals surface area contributed by atoms with Gasteiger partial charge in [0.15, 0.2) is 0 Å². The minimum absolute atomic E-state index is 0.00491. The van der Waals surface area contributed by atoms with Gasteiger partial charge in [-0.3, -0.25) is 10.1 Å². The maximum absolute atomic E-state index is 11.2. The average Bonchev–Trinajstić information content (AvgIpc) is 2.65. The molecule has 1 aromatic carbocycles. The summed E-state index contributed by atoms with van der Waals surface area (Å²) in [6.07, 6.45) is 2.03. The number of rotatable bonds is 2. The Morgan fingerprint density at radius 2 is 2.12 bits per heavy atom. The number of nitro benzene ring substituents is 1. The molecule has 0 aliphatic carbocycles. The summed E-state index contributed by atoms with van der Waals surface area (Å²) >= 11 is 0. The van der Waals surface area contributed by atoms with Crippen molar-refractivity contribution in [1.29, 1.82) is 0 Å². The molecule has 1 saturated heterocycles. The van der Waals surface area contributed by atoms with E-state index >= 15 is 0 Å². The number of nitro groups is 1. The van der Waals surface area contributed by atoms with Crippen LogP contribution in [0.2, 0.25) is 0 Å². The summed E-state index contributed by atoms with van der Waals surface area (Å²) in [5.41, 5.74) is 0.908.